The Hall–Kier alpha value is -0.650. The minimum atomic E-state index is 0.290. The van der Waals surface area contributed by atoms with Gasteiger partial charge < -0.3 is 9.80 Å². The maximum Gasteiger partial charge on any atom is 0.228 e. The van der Waals surface area contributed by atoms with Crippen molar-refractivity contribution in [2.24, 2.45) is 0 Å². The molecule has 1 aromatic rings. The van der Waals surface area contributed by atoms with Crippen molar-refractivity contribution in [1.82, 2.24) is 4.90 Å². The molecule has 114 valence electrons. The molecule has 1 amide bonds. The fourth-order valence-electron chi connectivity index (χ4n) is 2.89. The third-order valence-electron chi connectivity index (χ3n) is 4.02. The Labute approximate surface area is 135 Å². The van der Waals surface area contributed by atoms with Crippen LogP contribution in [0.15, 0.2) is 24.3 Å². The van der Waals surface area contributed by atoms with Crippen molar-refractivity contribution in [3.05, 3.63) is 29.8 Å². The van der Waals surface area contributed by atoms with E-state index in [1.54, 1.807) is 0 Å². The predicted octanol–water partition coefficient (Wildman–Crippen LogP) is 2.70. The van der Waals surface area contributed by atoms with Gasteiger partial charge in [0, 0.05) is 54.3 Å². The van der Waals surface area contributed by atoms with E-state index in [4.69, 9.17) is 0 Å². The van der Waals surface area contributed by atoms with Gasteiger partial charge in [-0.25, -0.2) is 0 Å². The Bertz CT molecular complexity index is 503. The fraction of sp³-hybridized carbons (Fsp3) is 0.562. The molecule has 2 heterocycles. The van der Waals surface area contributed by atoms with Crippen molar-refractivity contribution in [1.29, 1.82) is 0 Å². The number of carbonyl (C=O) groups is 1. The number of hydrogen-bond donors (Lipinski definition) is 0. The van der Waals surface area contributed by atoms with E-state index in [-0.39, 0.29) is 5.91 Å². The van der Waals surface area contributed by atoms with E-state index in [9.17, 15) is 4.79 Å². The lowest BCUT2D eigenvalue weighted by molar-refractivity contribution is -0.118. The minimum absolute atomic E-state index is 0.290. The maximum atomic E-state index is 12.8. The van der Waals surface area contributed by atoms with Gasteiger partial charge in [0.1, 0.15) is 0 Å². The average molecular weight is 322 g/mol. The molecule has 1 unspecified atom stereocenters. The smallest absolute Gasteiger partial charge is 0.228 e. The molecule has 2 aliphatic heterocycles. The van der Waals surface area contributed by atoms with Crippen LogP contribution < -0.4 is 4.90 Å². The molecule has 0 spiro atoms. The highest BCUT2D eigenvalue weighted by molar-refractivity contribution is 8.06. The number of rotatable bonds is 2. The topological polar surface area (TPSA) is 23.6 Å². The SMILES string of the molecule is CN1CCN(C(=O)CC2CSCCS2)c2ccccc2C1. The highest BCUT2D eigenvalue weighted by atomic mass is 32.2. The molecule has 3 rings (SSSR count). The van der Waals surface area contributed by atoms with Crippen LogP contribution in [0, 0.1) is 0 Å². The Balaban J connectivity index is 1.75. The number of thioether (sulfide) groups is 2. The van der Waals surface area contributed by atoms with E-state index in [1.165, 1.54) is 17.1 Å². The van der Waals surface area contributed by atoms with Crippen molar-refractivity contribution >= 4 is 35.1 Å². The summed E-state index contributed by atoms with van der Waals surface area (Å²) in [4.78, 5) is 17.1. The highest BCUT2D eigenvalue weighted by Crippen LogP contribution is 2.29. The summed E-state index contributed by atoms with van der Waals surface area (Å²) in [5.41, 5.74) is 2.37. The summed E-state index contributed by atoms with van der Waals surface area (Å²) in [6.45, 7) is 2.66. The number of anilines is 1. The van der Waals surface area contributed by atoms with Gasteiger partial charge in [-0.1, -0.05) is 18.2 Å². The van der Waals surface area contributed by atoms with E-state index < -0.39 is 0 Å². The van der Waals surface area contributed by atoms with Crippen LogP contribution in [0.4, 0.5) is 5.69 Å². The number of para-hydroxylation sites is 1. The van der Waals surface area contributed by atoms with Gasteiger partial charge in [-0.15, -0.1) is 0 Å². The fourth-order valence-corrected chi connectivity index (χ4v) is 5.56. The first kappa shape index (κ1) is 15.3. The summed E-state index contributed by atoms with van der Waals surface area (Å²) < 4.78 is 0. The van der Waals surface area contributed by atoms with Crippen LogP contribution in [0.3, 0.4) is 0 Å². The van der Waals surface area contributed by atoms with Crippen molar-refractivity contribution in [3.63, 3.8) is 0 Å². The molecule has 1 atom stereocenters. The molecule has 3 nitrogen and oxygen atoms in total. The highest BCUT2D eigenvalue weighted by Gasteiger charge is 2.26. The zero-order chi connectivity index (χ0) is 14.7. The second-order valence-corrected chi connectivity index (χ2v) is 8.24. The van der Waals surface area contributed by atoms with Gasteiger partial charge >= 0.3 is 0 Å². The van der Waals surface area contributed by atoms with E-state index in [1.807, 2.05) is 34.5 Å². The molecule has 1 saturated heterocycles. The van der Waals surface area contributed by atoms with Crippen molar-refractivity contribution in [2.75, 3.05) is 42.3 Å². The standard InChI is InChI=1S/C16H22N2OS2/c1-17-6-7-18(15-5-3-2-4-13(15)11-17)16(19)10-14-12-20-8-9-21-14/h2-5,14H,6-12H2,1H3. The lowest BCUT2D eigenvalue weighted by Crippen LogP contribution is -2.37. The number of nitrogens with zero attached hydrogens (tertiary/aromatic N) is 2. The van der Waals surface area contributed by atoms with Gasteiger partial charge in [-0.3, -0.25) is 4.79 Å². The maximum absolute atomic E-state index is 12.8. The summed E-state index contributed by atoms with van der Waals surface area (Å²) in [6, 6.07) is 8.34. The normalized spacial score (nSPS) is 23.5. The molecule has 21 heavy (non-hydrogen) atoms. The molecule has 1 fully saturated rings. The van der Waals surface area contributed by atoms with Crippen LogP contribution in [0.1, 0.15) is 12.0 Å². The summed E-state index contributed by atoms with van der Waals surface area (Å²) in [5, 5.41) is 0.490. The number of amides is 1. The van der Waals surface area contributed by atoms with Gasteiger partial charge in [0.2, 0.25) is 5.91 Å². The monoisotopic (exact) mass is 322 g/mol. The van der Waals surface area contributed by atoms with Gasteiger partial charge in [-0.05, 0) is 18.7 Å². The largest absolute Gasteiger partial charge is 0.311 e. The molecule has 0 saturated carbocycles. The molecule has 1 aromatic carbocycles. The van der Waals surface area contributed by atoms with Crippen molar-refractivity contribution < 1.29 is 4.79 Å². The second kappa shape index (κ2) is 7.07. The Morgan fingerprint density at radius 3 is 2.95 bits per heavy atom. The first-order chi connectivity index (χ1) is 10.2. The molecule has 5 heteroatoms. The van der Waals surface area contributed by atoms with Gasteiger partial charge in [0.25, 0.3) is 0 Å². The van der Waals surface area contributed by atoms with Crippen LogP contribution in [-0.4, -0.2) is 53.5 Å². The first-order valence-electron chi connectivity index (χ1n) is 7.50. The van der Waals surface area contributed by atoms with E-state index in [0.29, 0.717) is 11.7 Å². The summed E-state index contributed by atoms with van der Waals surface area (Å²) in [6.07, 6.45) is 0.676. The van der Waals surface area contributed by atoms with Gasteiger partial charge in [0.05, 0.1) is 0 Å². The third kappa shape index (κ3) is 3.76. The molecular formula is C16H22N2OS2. The molecule has 0 bridgehead atoms. The summed E-state index contributed by atoms with van der Waals surface area (Å²) in [5.74, 6) is 3.82. The minimum Gasteiger partial charge on any atom is -0.311 e. The molecule has 0 aliphatic carbocycles. The number of fused-ring (bicyclic) bond motifs is 1. The Morgan fingerprint density at radius 2 is 2.14 bits per heavy atom. The van der Waals surface area contributed by atoms with Crippen LogP contribution >= 0.6 is 23.5 Å². The molecule has 0 N–H and O–H groups in total. The zero-order valence-electron chi connectivity index (χ0n) is 12.5. The average Bonchev–Trinajstić information content (AvgIpc) is 2.66. The lowest BCUT2D eigenvalue weighted by atomic mass is 10.1. The zero-order valence-corrected chi connectivity index (χ0v) is 14.1. The van der Waals surface area contributed by atoms with E-state index >= 15 is 0 Å². The lowest BCUT2D eigenvalue weighted by Gasteiger charge is -2.26. The summed E-state index contributed by atoms with van der Waals surface area (Å²) in [7, 11) is 2.12. The van der Waals surface area contributed by atoms with Crippen LogP contribution in [0.25, 0.3) is 0 Å². The van der Waals surface area contributed by atoms with Crippen LogP contribution in [0.2, 0.25) is 0 Å². The second-order valence-electron chi connectivity index (χ2n) is 5.68. The van der Waals surface area contributed by atoms with Crippen LogP contribution in [-0.2, 0) is 11.3 Å². The van der Waals surface area contributed by atoms with Gasteiger partial charge in [-0.2, -0.15) is 23.5 Å². The first-order valence-corrected chi connectivity index (χ1v) is 9.70. The Kier molecular flexibility index (Phi) is 5.14. The van der Waals surface area contributed by atoms with Crippen molar-refractivity contribution in [2.45, 2.75) is 18.2 Å². The van der Waals surface area contributed by atoms with E-state index in [0.717, 1.165) is 31.1 Å². The number of benzene rings is 1. The molecular weight excluding hydrogens is 300 g/mol. The molecule has 0 aromatic heterocycles. The number of hydrogen-bond acceptors (Lipinski definition) is 4. The molecule has 0 radical (unpaired) electrons. The van der Waals surface area contributed by atoms with Crippen LogP contribution in [0.5, 0.6) is 0 Å². The van der Waals surface area contributed by atoms with Gasteiger partial charge in [0.15, 0.2) is 0 Å². The number of carbonyl (C=O) groups excluding carboxylic acids is 1. The van der Waals surface area contributed by atoms with Crippen molar-refractivity contribution in [3.8, 4) is 0 Å². The summed E-state index contributed by atoms with van der Waals surface area (Å²) >= 11 is 3.95. The number of likely N-dealkylation sites (N-methyl/N-ethyl adjacent to an activating group) is 1. The third-order valence-corrected chi connectivity index (χ3v) is 6.86. The quantitative estimate of drug-likeness (QED) is 0.835. The molecule has 2 aliphatic rings. The predicted molar refractivity (Wildman–Crippen MR) is 93.3 cm³/mol. The Morgan fingerprint density at radius 1 is 1.29 bits per heavy atom. The van der Waals surface area contributed by atoms with E-state index in [2.05, 4.69) is 30.1 Å².